The van der Waals surface area contributed by atoms with Gasteiger partial charge in [-0.05, 0) is 35.9 Å². The zero-order chi connectivity index (χ0) is 20.1. The van der Waals surface area contributed by atoms with Crippen molar-refractivity contribution in [1.82, 2.24) is 9.97 Å². The second-order valence-corrected chi connectivity index (χ2v) is 8.49. The lowest BCUT2D eigenvalue weighted by Crippen LogP contribution is -2.05. The Labute approximate surface area is 177 Å². The predicted molar refractivity (Wildman–Crippen MR) is 108 cm³/mol. The number of hydrogen-bond donors (Lipinski definition) is 0. The van der Waals surface area contributed by atoms with Crippen LogP contribution in [0.4, 0.5) is 13.2 Å². The number of benzene rings is 2. The molecule has 0 bridgehead atoms. The number of thioether (sulfide) groups is 1. The summed E-state index contributed by atoms with van der Waals surface area (Å²) in [5.74, 6) is 0.870. The zero-order valence-corrected chi connectivity index (χ0v) is 17.8. The topological polar surface area (TPSA) is 35.0 Å². The second kappa shape index (κ2) is 9.19. The monoisotopic (exact) mass is 486 g/mol. The van der Waals surface area contributed by atoms with Crippen molar-refractivity contribution in [2.45, 2.75) is 27.0 Å². The number of ether oxygens (including phenoxy) is 1. The van der Waals surface area contributed by atoms with Gasteiger partial charge < -0.3 is 4.74 Å². The highest BCUT2D eigenvalue weighted by Gasteiger charge is 2.30. The summed E-state index contributed by atoms with van der Waals surface area (Å²) in [4.78, 5) is 9.72. The minimum absolute atomic E-state index is 0.332. The van der Waals surface area contributed by atoms with Gasteiger partial charge in [0, 0.05) is 15.1 Å². The molecule has 2 aromatic carbocycles. The SMILES string of the molecule is COc1cnc(SCc2cccc(C(F)(F)F)c2)nc1Sc1ccc(Br)cc1. The van der Waals surface area contributed by atoms with Crippen LogP contribution in [0.25, 0.3) is 0 Å². The highest BCUT2D eigenvalue weighted by molar-refractivity contribution is 9.10. The van der Waals surface area contributed by atoms with E-state index in [9.17, 15) is 13.2 Å². The predicted octanol–water partition coefficient (Wildman–Crippen LogP) is 6.71. The molecular weight excluding hydrogens is 473 g/mol. The van der Waals surface area contributed by atoms with Crippen LogP contribution in [0, 0.1) is 0 Å². The number of methoxy groups -OCH3 is 1. The number of rotatable bonds is 6. The van der Waals surface area contributed by atoms with Crippen LogP contribution >= 0.6 is 39.5 Å². The van der Waals surface area contributed by atoms with E-state index in [-0.39, 0.29) is 0 Å². The van der Waals surface area contributed by atoms with Gasteiger partial charge in [-0.2, -0.15) is 13.2 Å². The van der Waals surface area contributed by atoms with Gasteiger partial charge in [-0.25, -0.2) is 9.97 Å². The van der Waals surface area contributed by atoms with Crippen molar-refractivity contribution >= 4 is 39.5 Å². The summed E-state index contributed by atoms with van der Waals surface area (Å²) in [6, 6.07) is 13.0. The van der Waals surface area contributed by atoms with Crippen molar-refractivity contribution in [3.05, 3.63) is 70.3 Å². The number of aromatic nitrogens is 2. The third-order valence-corrected chi connectivity index (χ3v) is 6.03. The molecule has 0 aliphatic rings. The molecule has 0 N–H and O–H groups in total. The smallest absolute Gasteiger partial charge is 0.416 e. The molecule has 0 radical (unpaired) electrons. The molecule has 0 aliphatic carbocycles. The van der Waals surface area contributed by atoms with Crippen molar-refractivity contribution < 1.29 is 17.9 Å². The number of nitrogens with zero attached hydrogens (tertiary/aromatic N) is 2. The summed E-state index contributed by atoms with van der Waals surface area (Å²) in [7, 11) is 1.54. The highest BCUT2D eigenvalue weighted by Crippen LogP contribution is 2.35. The summed E-state index contributed by atoms with van der Waals surface area (Å²) in [6.07, 6.45) is -2.78. The Bertz CT molecular complexity index is 953. The highest BCUT2D eigenvalue weighted by atomic mass is 79.9. The normalized spacial score (nSPS) is 11.5. The van der Waals surface area contributed by atoms with Gasteiger partial charge in [0.1, 0.15) is 5.03 Å². The van der Waals surface area contributed by atoms with Gasteiger partial charge in [0.2, 0.25) is 0 Å². The van der Waals surface area contributed by atoms with Crippen molar-refractivity contribution in [3.63, 3.8) is 0 Å². The van der Waals surface area contributed by atoms with Crippen LogP contribution in [-0.2, 0) is 11.9 Å². The van der Waals surface area contributed by atoms with Gasteiger partial charge in [-0.1, -0.05) is 57.7 Å². The number of halogens is 4. The fourth-order valence-electron chi connectivity index (χ4n) is 2.22. The first-order valence-corrected chi connectivity index (χ1v) is 10.6. The van der Waals surface area contributed by atoms with E-state index in [1.54, 1.807) is 19.4 Å². The Balaban J connectivity index is 1.75. The van der Waals surface area contributed by atoms with E-state index in [0.717, 1.165) is 21.5 Å². The van der Waals surface area contributed by atoms with E-state index in [4.69, 9.17) is 4.74 Å². The maximum absolute atomic E-state index is 12.8. The van der Waals surface area contributed by atoms with Crippen LogP contribution in [0.3, 0.4) is 0 Å². The molecule has 3 aromatic rings. The van der Waals surface area contributed by atoms with Crippen molar-refractivity contribution in [2.24, 2.45) is 0 Å². The largest absolute Gasteiger partial charge is 0.492 e. The van der Waals surface area contributed by atoms with Crippen LogP contribution in [0.2, 0.25) is 0 Å². The third kappa shape index (κ3) is 5.65. The molecule has 0 unspecified atom stereocenters. The first kappa shape index (κ1) is 21.0. The molecule has 0 fully saturated rings. The van der Waals surface area contributed by atoms with Crippen LogP contribution in [0.5, 0.6) is 5.75 Å². The molecule has 9 heteroatoms. The van der Waals surface area contributed by atoms with Gasteiger partial charge in [0.05, 0.1) is 18.9 Å². The molecule has 1 aromatic heterocycles. The fourth-order valence-corrected chi connectivity index (χ4v) is 4.17. The van der Waals surface area contributed by atoms with Gasteiger partial charge in [-0.3, -0.25) is 0 Å². The average molecular weight is 487 g/mol. The molecule has 3 nitrogen and oxygen atoms in total. The summed E-state index contributed by atoms with van der Waals surface area (Å²) in [5.41, 5.74) is -0.103. The van der Waals surface area contributed by atoms with E-state index in [2.05, 4.69) is 25.9 Å². The van der Waals surface area contributed by atoms with Crippen LogP contribution in [0.1, 0.15) is 11.1 Å². The van der Waals surface area contributed by atoms with Gasteiger partial charge in [0.25, 0.3) is 0 Å². The minimum atomic E-state index is -4.36. The van der Waals surface area contributed by atoms with Crippen molar-refractivity contribution in [3.8, 4) is 5.75 Å². The summed E-state index contributed by atoms with van der Waals surface area (Å²) < 4.78 is 44.8. The van der Waals surface area contributed by atoms with E-state index in [0.29, 0.717) is 27.2 Å². The van der Waals surface area contributed by atoms with E-state index < -0.39 is 11.7 Å². The first-order chi connectivity index (χ1) is 13.3. The maximum Gasteiger partial charge on any atom is 0.416 e. The molecule has 0 saturated heterocycles. The van der Waals surface area contributed by atoms with E-state index >= 15 is 0 Å². The second-order valence-electron chi connectivity index (χ2n) is 5.57. The lowest BCUT2D eigenvalue weighted by molar-refractivity contribution is -0.137. The van der Waals surface area contributed by atoms with Gasteiger partial charge in [0.15, 0.2) is 10.9 Å². The minimum Gasteiger partial charge on any atom is -0.492 e. The van der Waals surface area contributed by atoms with Crippen LogP contribution in [0.15, 0.2) is 74.3 Å². The molecule has 0 amide bonds. The Kier molecular flexibility index (Phi) is 6.90. The lowest BCUT2D eigenvalue weighted by Gasteiger charge is -2.10. The fraction of sp³-hybridized carbons (Fsp3) is 0.158. The quantitative estimate of drug-likeness (QED) is 0.219. The van der Waals surface area contributed by atoms with Crippen LogP contribution in [-0.4, -0.2) is 17.1 Å². The molecule has 0 atom stereocenters. The third-order valence-electron chi connectivity index (χ3n) is 3.57. The number of hydrogen-bond acceptors (Lipinski definition) is 5. The van der Waals surface area contributed by atoms with Crippen LogP contribution < -0.4 is 4.74 Å². The summed E-state index contributed by atoms with van der Waals surface area (Å²) >= 11 is 6.10. The zero-order valence-electron chi connectivity index (χ0n) is 14.5. The van der Waals surface area contributed by atoms with Gasteiger partial charge in [-0.15, -0.1) is 0 Å². The Morgan fingerprint density at radius 3 is 2.54 bits per heavy atom. The Morgan fingerprint density at radius 1 is 1.11 bits per heavy atom. The Hall–Kier alpha value is -1.71. The standard InChI is InChI=1S/C19H14BrF3N2OS2/c1-26-16-10-24-18(25-17(16)28-15-7-5-14(20)6-8-15)27-11-12-3-2-4-13(9-12)19(21,22)23/h2-10H,11H2,1H3. The molecule has 1 heterocycles. The van der Waals surface area contributed by atoms with E-state index in [1.807, 2.05) is 24.3 Å². The molecule has 28 heavy (non-hydrogen) atoms. The molecule has 0 saturated carbocycles. The lowest BCUT2D eigenvalue weighted by atomic mass is 10.1. The summed E-state index contributed by atoms with van der Waals surface area (Å²) in [5, 5.41) is 1.11. The van der Waals surface area contributed by atoms with E-state index in [1.165, 1.54) is 29.6 Å². The average Bonchev–Trinajstić information content (AvgIpc) is 2.68. The maximum atomic E-state index is 12.8. The summed E-state index contributed by atoms with van der Waals surface area (Å²) in [6.45, 7) is 0. The molecule has 146 valence electrons. The molecular formula is C19H14BrF3N2OS2. The molecule has 0 spiro atoms. The van der Waals surface area contributed by atoms with Gasteiger partial charge >= 0.3 is 6.18 Å². The van der Waals surface area contributed by atoms with Crippen molar-refractivity contribution in [2.75, 3.05) is 7.11 Å². The first-order valence-electron chi connectivity index (χ1n) is 7.98. The molecule has 0 aliphatic heterocycles. The Morgan fingerprint density at radius 2 is 1.86 bits per heavy atom. The van der Waals surface area contributed by atoms with Crippen molar-refractivity contribution in [1.29, 1.82) is 0 Å². The number of alkyl halides is 3. The molecule has 3 rings (SSSR count).